The average molecular weight is 457 g/mol. The fourth-order valence-corrected chi connectivity index (χ4v) is 3.15. The Morgan fingerprint density at radius 1 is 1.11 bits per heavy atom. The molecule has 0 saturated carbocycles. The van der Waals surface area contributed by atoms with Crippen molar-refractivity contribution in [3.8, 4) is 11.5 Å². The number of benzene rings is 1. The van der Waals surface area contributed by atoms with Gasteiger partial charge in [0.2, 0.25) is 0 Å². The number of urea groups is 1. The van der Waals surface area contributed by atoms with E-state index >= 15 is 0 Å². The third-order valence-electron chi connectivity index (χ3n) is 3.89. The van der Waals surface area contributed by atoms with Gasteiger partial charge in [-0.3, -0.25) is 0 Å². The highest BCUT2D eigenvalue weighted by atomic mass is 79.9. The summed E-state index contributed by atoms with van der Waals surface area (Å²) in [5.41, 5.74) is 0.544. The molecule has 9 nitrogen and oxygen atoms in total. The number of hydrogen-bond acceptors (Lipinski definition) is 7. The summed E-state index contributed by atoms with van der Waals surface area (Å²) in [7, 11) is 2.91. The largest absolute Gasteiger partial charge is 0.495 e. The van der Waals surface area contributed by atoms with Gasteiger partial charge in [0.25, 0.3) is 0 Å². The number of halogens is 1. The Morgan fingerprint density at radius 2 is 1.71 bits per heavy atom. The maximum atomic E-state index is 12.5. The first-order valence-electron chi connectivity index (χ1n) is 8.38. The molecule has 1 aliphatic rings. The SMILES string of the molecule is CCOC(=O)C1=C(COC(=O)c2cc(OC)c(Br)c(OC)c2)NC(=O)NC1C. The van der Waals surface area contributed by atoms with Gasteiger partial charge >= 0.3 is 18.0 Å². The van der Waals surface area contributed by atoms with Crippen LogP contribution in [0.2, 0.25) is 0 Å². The van der Waals surface area contributed by atoms with Crippen LogP contribution in [0.25, 0.3) is 0 Å². The lowest BCUT2D eigenvalue weighted by atomic mass is 10.0. The molecule has 1 aromatic rings. The second kappa shape index (κ2) is 9.45. The minimum atomic E-state index is -0.680. The highest BCUT2D eigenvalue weighted by Crippen LogP contribution is 2.35. The third kappa shape index (κ3) is 4.75. The van der Waals surface area contributed by atoms with Crippen molar-refractivity contribution in [3.63, 3.8) is 0 Å². The molecule has 0 aromatic heterocycles. The summed E-state index contributed by atoms with van der Waals surface area (Å²) < 4.78 is 21.3. The van der Waals surface area contributed by atoms with E-state index < -0.39 is 24.0 Å². The average Bonchev–Trinajstić information content (AvgIpc) is 2.65. The molecule has 2 N–H and O–H groups in total. The van der Waals surface area contributed by atoms with Crippen molar-refractivity contribution in [3.05, 3.63) is 33.4 Å². The Hall–Kier alpha value is -2.75. The molecule has 10 heteroatoms. The molecule has 1 aromatic carbocycles. The number of nitrogens with one attached hydrogen (secondary N) is 2. The van der Waals surface area contributed by atoms with Gasteiger partial charge in [0.1, 0.15) is 22.6 Å². The van der Waals surface area contributed by atoms with E-state index in [2.05, 4.69) is 26.6 Å². The maximum Gasteiger partial charge on any atom is 0.338 e. The zero-order chi connectivity index (χ0) is 20.8. The van der Waals surface area contributed by atoms with Gasteiger partial charge in [-0.25, -0.2) is 14.4 Å². The number of esters is 2. The van der Waals surface area contributed by atoms with Crippen LogP contribution in [0.4, 0.5) is 4.79 Å². The number of carbonyl (C=O) groups is 3. The Labute approximate surface area is 170 Å². The van der Waals surface area contributed by atoms with Crippen molar-refractivity contribution in [1.82, 2.24) is 10.6 Å². The number of ether oxygens (including phenoxy) is 4. The lowest BCUT2D eigenvalue weighted by molar-refractivity contribution is -0.139. The van der Waals surface area contributed by atoms with Gasteiger partial charge in [-0.05, 0) is 41.9 Å². The van der Waals surface area contributed by atoms with E-state index in [0.717, 1.165) is 0 Å². The smallest absolute Gasteiger partial charge is 0.338 e. The summed E-state index contributed by atoms with van der Waals surface area (Å²) in [4.78, 5) is 36.4. The Bertz CT molecular complexity index is 797. The fourth-order valence-electron chi connectivity index (χ4n) is 2.60. The molecule has 1 unspecified atom stereocenters. The van der Waals surface area contributed by atoms with Crippen LogP contribution in [0.5, 0.6) is 11.5 Å². The quantitative estimate of drug-likeness (QED) is 0.604. The van der Waals surface area contributed by atoms with Crippen molar-refractivity contribution < 1.29 is 33.3 Å². The summed E-state index contributed by atoms with van der Waals surface area (Å²) in [5.74, 6) is -0.496. The predicted octanol–water partition coefficient (Wildman–Crippen LogP) is 2.14. The van der Waals surface area contributed by atoms with Gasteiger partial charge in [0.15, 0.2) is 0 Å². The monoisotopic (exact) mass is 456 g/mol. The molecule has 28 heavy (non-hydrogen) atoms. The molecular formula is C18H21BrN2O7. The van der Waals surface area contributed by atoms with E-state index in [1.165, 1.54) is 26.4 Å². The first-order chi connectivity index (χ1) is 13.3. The molecule has 0 bridgehead atoms. The van der Waals surface area contributed by atoms with Crippen LogP contribution in [0.3, 0.4) is 0 Å². The van der Waals surface area contributed by atoms with Crippen LogP contribution >= 0.6 is 15.9 Å². The minimum absolute atomic E-state index is 0.166. The molecule has 1 aliphatic heterocycles. The lowest BCUT2D eigenvalue weighted by Crippen LogP contribution is -2.50. The molecule has 0 spiro atoms. The van der Waals surface area contributed by atoms with Crippen LogP contribution in [-0.4, -0.2) is 51.4 Å². The Morgan fingerprint density at radius 3 is 2.25 bits per heavy atom. The van der Waals surface area contributed by atoms with Gasteiger partial charge < -0.3 is 29.6 Å². The van der Waals surface area contributed by atoms with Crippen molar-refractivity contribution in [2.45, 2.75) is 19.9 Å². The van der Waals surface area contributed by atoms with Gasteiger partial charge in [-0.2, -0.15) is 0 Å². The minimum Gasteiger partial charge on any atom is -0.495 e. The van der Waals surface area contributed by atoms with Crippen molar-refractivity contribution >= 4 is 33.9 Å². The van der Waals surface area contributed by atoms with Crippen LogP contribution in [-0.2, 0) is 14.3 Å². The second-order valence-corrected chi connectivity index (χ2v) is 6.50. The molecular weight excluding hydrogens is 436 g/mol. The van der Waals surface area contributed by atoms with Crippen molar-refractivity contribution in [2.24, 2.45) is 0 Å². The molecule has 1 atom stereocenters. The normalized spacial score (nSPS) is 16.0. The second-order valence-electron chi connectivity index (χ2n) is 5.70. The number of hydrogen-bond donors (Lipinski definition) is 2. The summed E-state index contributed by atoms with van der Waals surface area (Å²) in [6.45, 7) is 3.17. The fraction of sp³-hybridized carbons (Fsp3) is 0.389. The van der Waals surface area contributed by atoms with Gasteiger partial charge in [0.05, 0.1) is 43.7 Å². The van der Waals surface area contributed by atoms with Crippen molar-refractivity contribution in [1.29, 1.82) is 0 Å². The van der Waals surface area contributed by atoms with Crippen LogP contribution in [0, 0.1) is 0 Å². The predicted molar refractivity (Wildman–Crippen MR) is 102 cm³/mol. The molecule has 1 heterocycles. The lowest BCUT2D eigenvalue weighted by Gasteiger charge is -2.26. The molecule has 0 radical (unpaired) electrons. The Balaban J connectivity index is 2.25. The number of carbonyl (C=O) groups excluding carboxylic acids is 3. The summed E-state index contributed by atoms with van der Waals surface area (Å²) in [5, 5.41) is 5.06. The third-order valence-corrected chi connectivity index (χ3v) is 4.68. The van der Waals surface area contributed by atoms with Gasteiger partial charge in [-0.1, -0.05) is 0 Å². The van der Waals surface area contributed by atoms with E-state index in [1.807, 2.05) is 0 Å². The van der Waals surface area contributed by atoms with Crippen molar-refractivity contribution in [2.75, 3.05) is 27.4 Å². The van der Waals surface area contributed by atoms with Crippen LogP contribution in [0.15, 0.2) is 27.9 Å². The zero-order valence-corrected chi connectivity index (χ0v) is 17.5. The Kier molecular flexibility index (Phi) is 7.27. The number of rotatable bonds is 7. The molecule has 0 aliphatic carbocycles. The van der Waals surface area contributed by atoms with Crippen LogP contribution in [0.1, 0.15) is 24.2 Å². The summed E-state index contributed by atoms with van der Waals surface area (Å²) in [6.07, 6.45) is 0. The van der Waals surface area contributed by atoms with E-state index in [9.17, 15) is 14.4 Å². The van der Waals surface area contributed by atoms with E-state index in [1.54, 1.807) is 13.8 Å². The maximum absolute atomic E-state index is 12.5. The highest BCUT2D eigenvalue weighted by molar-refractivity contribution is 9.10. The number of methoxy groups -OCH3 is 2. The van der Waals surface area contributed by atoms with Gasteiger partial charge in [-0.15, -0.1) is 0 Å². The summed E-state index contributed by atoms with van der Waals surface area (Å²) in [6, 6.07) is 1.88. The molecule has 152 valence electrons. The first kappa shape index (κ1) is 21.5. The van der Waals surface area contributed by atoms with E-state index in [-0.39, 0.29) is 30.0 Å². The first-order valence-corrected chi connectivity index (χ1v) is 9.17. The number of amides is 2. The molecule has 0 saturated heterocycles. The topological polar surface area (TPSA) is 112 Å². The van der Waals surface area contributed by atoms with E-state index in [4.69, 9.17) is 18.9 Å². The molecule has 0 fully saturated rings. The van der Waals surface area contributed by atoms with Gasteiger partial charge in [0, 0.05) is 0 Å². The van der Waals surface area contributed by atoms with Crippen LogP contribution < -0.4 is 20.1 Å². The van der Waals surface area contributed by atoms with E-state index in [0.29, 0.717) is 16.0 Å². The summed E-state index contributed by atoms with van der Waals surface area (Å²) >= 11 is 3.32. The molecule has 2 amide bonds. The standard InChI is InChI=1S/C18H21BrN2O7/c1-5-27-17(23)14-9(2)20-18(24)21-11(14)8-28-16(22)10-6-12(25-3)15(19)13(7-10)26-4/h6-7,9H,5,8H2,1-4H3,(H2,20,21,24). The zero-order valence-electron chi connectivity index (χ0n) is 15.9. The molecule has 2 rings (SSSR count). The highest BCUT2D eigenvalue weighted by Gasteiger charge is 2.30.